The highest BCUT2D eigenvalue weighted by Gasteiger charge is 2.51. The molecule has 0 saturated carbocycles. The highest BCUT2D eigenvalue weighted by atomic mass is 16.7. The van der Waals surface area contributed by atoms with Crippen LogP contribution < -0.4 is 10.4 Å². The summed E-state index contributed by atoms with van der Waals surface area (Å²) in [5, 5.41) is 0. The van der Waals surface area contributed by atoms with Crippen LogP contribution in [0.15, 0.2) is 24.3 Å². The van der Waals surface area contributed by atoms with Gasteiger partial charge in [0.15, 0.2) is 0 Å². The molecule has 3 rings (SSSR count). The van der Waals surface area contributed by atoms with Crippen molar-refractivity contribution in [1.82, 2.24) is 0 Å². The van der Waals surface area contributed by atoms with Crippen molar-refractivity contribution in [1.29, 1.82) is 0 Å². The van der Waals surface area contributed by atoms with Crippen LogP contribution >= 0.6 is 0 Å². The lowest BCUT2D eigenvalue weighted by molar-refractivity contribution is 0.00578. The molecule has 25 heavy (non-hydrogen) atoms. The predicted molar refractivity (Wildman–Crippen MR) is 107 cm³/mol. The zero-order chi connectivity index (χ0) is 18.5. The van der Waals surface area contributed by atoms with Gasteiger partial charge in [0.2, 0.25) is 0 Å². The molecule has 0 aliphatic carbocycles. The Hall–Kier alpha value is -0.995. The molecule has 1 aromatic carbocycles. The maximum absolute atomic E-state index is 6.15. The molecule has 1 aromatic rings. The van der Waals surface area contributed by atoms with Crippen LogP contribution in [0.3, 0.4) is 0 Å². The van der Waals surface area contributed by atoms with Crippen molar-refractivity contribution < 1.29 is 9.31 Å². The van der Waals surface area contributed by atoms with Gasteiger partial charge in [-0.1, -0.05) is 32.9 Å². The summed E-state index contributed by atoms with van der Waals surface area (Å²) in [6.45, 7) is 17.8. The third-order valence-corrected chi connectivity index (χ3v) is 6.50. The minimum absolute atomic E-state index is 0.273. The summed E-state index contributed by atoms with van der Waals surface area (Å²) in [6, 6.07) is 8.76. The third-order valence-electron chi connectivity index (χ3n) is 6.50. The Balaban J connectivity index is 1.64. The Morgan fingerprint density at radius 2 is 1.40 bits per heavy atom. The zero-order valence-corrected chi connectivity index (χ0v) is 17.1. The summed E-state index contributed by atoms with van der Waals surface area (Å²) < 4.78 is 12.3. The number of rotatable bonds is 2. The number of hydrogen-bond acceptors (Lipinski definition) is 3. The van der Waals surface area contributed by atoms with Crippen LogP contribution in [0.4, 0.5) is 5.69 Å². The molecule has 0 atom stereocenters. The predicted octanol–water partition coefficient (Wildman–Crippen LogP) is 4.25. The Morgan fingerprint density at radius 3 is 1.84 bits per heavy atom. The smallest absolute Gasteiger partial charge is 0.399 e. The van der Waals surface area contributed by atoms with E-state index in [1.54, 1.807) is 0 Å². The van der Waals surface area contributed by atoms with Gasteiger partial charge < -0.3 is 14.2 Å². The standard InChI is InChI=1S/C21H34BNO2/c1-19(2,3)16-12-14-23(15-13-16)18-10-8-17(9-11-18)22-24-20(4,5)21(6,7)25-22/h8-11,16H,12-15H2,1-7H3. The van der Waals surface area contributed by atoms with Crippen molar-refractivity contribution in [2.75, 3.05) is 18.0 Å². The van der Waals surface area contributed by atoms with Crippen LogP contribution in [0, 0.1) is 11.3 Å². The third kappa shape index (κ3) is 3.75. The molecule has 4 heteroatoms. The first kappa shape index (κ1) is 18.8. The monoisotopic (exact) mass is 343 g/mol. The summed E-state index contributed by atoms with van der Waals surface area (Å²) >= 11 is 0. The fourth-order valence-electron chi connectivity index (χ4n) is 3.83. The van der Waals surface area contributed by atoms with Gasteiger partial charge >= 0.3 is 7.12 Å². The van der Waals surface area contributed by atoms with Crippen molar-refractivity contribution in [2.24, 2.45) is 11.3 Å². The van der Waals surface area contributed by atoms with Crippen molar-refractivity contribution in [3.8, 4) is 0 Å². The van der Waals surface area contributed by atoms with Gasteiger partial charge in [-0.05, 0) is 69.5 Å². The second-order valence-electron chi connectivity index (χ2n) is 9.81. The van der Waals surface area contributed by atoms with Gasteiger partial charge in [0.25, 0.3) is 0 Å². The van der Waals surface area contributed by atoms with E-state index in [0.717, 1.165) is 24.5 Å². The lowest BCUT2D eigenvalue weighted by Crippen LogP contribution is -2.41. The Bertz CT molecular complexity index is 579. The number of benzene rings is 1. The van der Waals surface area contributed by atoms with Crippen LogP contribution in [0.5, 0.6) is 0 Å². The van der Waals surface area contributed by atoms with Gasteiger partial charge in [0.1, 0.15) is 0 Å². The fraction of sp³-hybridized carbons (Fsp3) is 0.714. The maximum atomic E-state index is 6.15. The van der Waals surface area contributed by atoms with E-state index in [1.165, 1.54) is 18.5 Å². The molecule has 0 N–H and O–H groups in total. The molecule has 2 saturated heterocycles. The Kier molecular flexibility index (Phi) is 4.74. The van der Waals surface area contributed by atoms with E-state index in [-0.39, 0.29) is 18.3 Å². The minimum atomic E-state index is -0.287. The highest BCUT2D eigenvalue weighted by Crippen LogP contribution is 2.37. The number of hydrogen-bond donors (Lipinski definition) is 0. The van der Waals surface area contributed by atoms with Gasteiger partial charge in [0, 0.05) is 18.8 Å². The quantitative estimate of drug-likeness (QED) is 0.750. The largest absolute Gasteiger partial charge is 0.494 e. The van der Waals surface area contributed by atoms with E-state index in [9.17, 15) is 0 Å². The average Bonchev–Trinajstić information content (AvgIpc) is 2.75. The lowest BCUT2D eigenvalue weighted by Gasteiger charge is -2.39. The van der Waals surface area contributed by atoms with Crippen LogP contribution in [-0.2, 0) is 9.31 Å². The molecule has 0 bridgehead atoms. The summed E-state index contributed by atoms with van der Waals surface area (Å²) in [7, 11) is -0.273. The van der Waals surface area contributed by atoms with Crippen molar-refractivity contribution >= 4 is 18.3 Å². The van der Waals surface area contributed by atoms with E-state index in [4.69, 9.17) is 9.31 Å². The van der Waals surface area contributed by atoms with Crippen LogP contribution in [0.2, 0.25) is 0 Å². The summed E-state index contributed by atoms with van der Waals surface area (Å²) in [5.74, 6) is 0.827. The van der Waals surface area contributed by atoms with Crippen LogP contribution in [-0.4, -0.2) is 31.4 Å². The Morgan fingerprint density at radius 1 is 0.920 bits per heavy atom. The molecule has 0 amide bonds. The molecule has 2 aliphatic rings. The highest BCUT2D eigenvalue weighted by molar-refractivity contribution is 6.62. The van der Waals surface area contributed by atoms with Gasteiger partial charge in [0.05, 0.1) is 11.2 Å². The summed E-state index contributed by atoms with van der Waals surface area (Å²) in [6.07, 6.45) is 2.56. The van der Waals surface area contributed by atoms with E-state index in [2.05, 4.69) is 77.6 Å². The fourth-order valence-corrected chi connectivity index (χ4v) is 3.83. The van der Waals surface area contributed by atoms with E-state index in [0.29, 0.717) is 5.41 Å². The first-order valence-electron chi connectivity index (χ1n) is 9.70. The molecule has 2 aliphatic heterocycles. The van der Waals surface area contributed by atoms with Crippen molar-refractivity contribution in [3.05, 3.63) is 24.3 Å². The summed E-state index contributed by atoms with van der Waals surface area (Å²) in [5.41, 5.74) is 2.27. The van der Waals surface area contributed by atoms with E-state index >= 15 is 0 Å². The maximum Gasteiger partial charge on any atom is 0.494 e. The molecule has 0 unspecified atom stereocenters. The van der Waals surface area contributed by atoms with E-state index in [1.807, 2.05) is 0 Å². The Labute approximate surface area is 154 Å². The number of nitrogens with zero attached hydrogens (tertiary/aromatic N) is 1. The normalized spacial score (nSPS) is 24.0. The first-order valence-corrected chi connectivity index (χ1v) is 9.70. The molecule has 0 spiro atoms. The topological polar surface area (TPSA) is 21.7 Å². The summed E-state index contributed by atoms with van der Waals surface area (Å²) in [4.78, 5) is 2.51. The number of piperidine rings is 1. The van der Waals surface area contributed by atoms with Gasteiger partial charge in [-0.2, -0.15) is 0 Å². The zero-order valence-electron chi connectivity index (χ0n) is 17.1. The average molecular weight is 343 g/mol. The van der Waals surface area contributed by atoms with E-state index < -0.39 is 0 Å². The first-order chi connectivity index (χ1) is 11.5. The molecule has 138 valence electrons. The van der Waals surface area contributed by atoms with Crippen molar-refractivity contribution in [3.63, 3.8) is 0 Å². The van der Waals surface area contributed by atoms with Crippen LogP contribution in [0.1, 0.15) is 61.3 Å². The molecule has 0 radical (unpaired) electrons. The molecular formula is C21H34BNO2. The minimum Gasteiger partial charge on any atom is -0.399 e. The molecule has 2 heterocycles. The van der Waals surface area contributed by atoms with Crippen LogP contribution in [0.25, 0.3) is 0 Å². The second-order valence-corrected chi connectivity index (χ2v) is 9.81. The lowest BCUT2D eigenvalue weighted by atomic mass is 9.75. The molecule has 3 nitrogen and oxygen atoms in total. The van der Waals surface area contributed by atoms with Gasteiger partial charge in [-0.3, -0.25) is 0 Å². The van der Waals surface area contributed by atoms with Crippen molar-refractivity contribution in [2.45, 2.75) is 72.5 Å². The number of anilines is 1. The van der Waals surface area contributed by atoms with Gasteiger partial charge in [-0.15, -0.1) is 0 Å². The molecular weight excluding hydrogens is 309 g/mol. The van der Waals surface area contributed by atoms with Gasteiger partial charge in [-0.25, -0.2) is 0 Å². The second kappa shape index (κ2) is 6.31. The molecule has 0 aromatic heterocycles. The SMILES string of the molecule is CC(C)(C)C1CCN(c2ccc(B3OC(C)(C)C(C)(C)O3)cc2)CC1. The molecule has 2 fully saturated rings.